The van der Waals surface area contributed by atoms with Gasteiger partial charge in [0.1, 0.15) is 17.8 Å². The standard InChI is InChI=1S/C26H24ClFN8O2/c1-26(7-8-26)32-25(37)38-20-6-5-16(23(20)28)17-10-22(34-33-17)31-24-19-11-21(27)35-36(19)13-18(30-24)15-4-2-3-14(9-15)12-29/h2-4,9-11,13,16,20,23H,5-8H2,1H3,(H,32,37)(H2,30,31,33,34). The van der Waals surface area contributed by atoms with Gasteiger partial charge < -0.3 is 15.4 Å². The Hall–Kier alpha value is -4.17. The second-order valence-corrected chi connectivity index (χ2v) is 10.4. The quantitative estimate of drug-likeness (QED) is 0.307. The summed E-state index contributed by atoms with van der Waals surface area (Å²) in [7, 11) is 0. The molecule has 0 bridgehead atoms. The molecule has 3 atom stereocenters. The number of nitrogens with zero attached hydrogens (tertiary/aromatic N) is 5. The Morgan fingerprint density at radius 3 is 2.95 bits per heavy atom. The zero-order valence-electron chi connectivity index (χ0n) is 20.4. The summed E-state index contributed by atoms with van der Waals surface area (Å²) < 4.78 is 22.3. The van der Waals surface area contributed by atoms with Crippen molar-refractivity contribution in [2.24, 2.45) is 0 Å². The number of nitriles is 1. The Morgan fingerprint density at radius 1 is 1.32 bits per heavy atom. The Labute approximate surface area is 222 Å². The number of benzene rings is 1. The van der Waals surface area contributed by atoms with Crippen LogP contribution in [-0.2, 0) is 4.74 Å². The molecular weight excluding hydrogens is 511 g/mol. The molecule has 1 amide bonds. The molecule has 6 rings (SSSR count). The Morgan fingerprint density at radius 2 is 2.16 bits per heavy atom. The van der Waals surface area contributed by atoms with E-state index in [1.165, 1.54) is 0 Å². The van der Waals surface area contributed by atoms with Crippen molar-refractivity contribution in [1.29, 1.82) is 5.26 Å². The second kappa shape index (κ2) is 9.29. The smallest absolute Gasteiger partial charge is 0.407 e. The number of alkyl halides is 1. The van der Waals surface area contributed by atoms with Gasteiger partial charge in [0.05, 0.1) is 23.5 Å². The summed E-state index contributed by atoms with van der Waals surface area (Å²) >= 11 is 6.16. The first-order valence-electron chi connectivity index (χ1n) is 12.3. The first-order chi connectivity index (χ1) is 18.3. The number of carbonyl (C=O) groups is 1. The van der Waals surface area contributed by atoms with Crippen molar-refractivity contribution in [1.82, 2.24) is 30.1 Å². The molecule has 1 aromatic carbocycles. The van der Waals surface area contributed by atoms with E-state index in [0.29, 0.717) is 46.9 Å². The minimum absolute atomic E-state index is 0.222. The van der Waals surface area contributed by atoms with Crippen molar-refractivity contribution in [3.05, 3.63) is 59.0 Å². The molecule has 12 heteroatoms. The molecule has 0 spiro atoms. The summed E-state index contributed by atoms with van der Waals surface area (Å²) in [5.41, 5.74) is 2.81. The fourth-order valence-corrected chi connectivity index (χ4v) is 4.94. The number of hydrogen-bond donors (Lipinski definition) is 3. The molecule has 3 heterocycles. The van der Waals surface area contributed by atoms with Crippen molar-refractivity contribution in [3.8, 4) is 17.3 Å². The molecule has 0 radical (unpaired) electrons. The van der Waals surface area contributed by atoms with E-state index in [-0.39, 0.29) is 10.7 Å². The number of alkyl carbamates (subject to hydrolysis) is 1. The van der Waals surface area contributed by atoms with Crippen LogP contribution < -0.4 is 10.6 Å². The fraction of sp³-hybridized carbons (Fsp3) is 0.346. The maximum atomic E-state index is 15.3. The van der Waals surface area contributed by atoms with E-state index < -0.39 is 24.3 Å². The molecule has 2 aliphatic carbocycles. The minimum atomic E-state index is -1.35. The van der Waals surface area contributed by atoms with Gasteiger partial charge in [0, 0.05) is 34.8 Å². The summed E-state index contributed by atoms with van der Waals surface area (Å²) in [6, 6.07) is 12.6. The van der Waals surface area contributed by atoms with E-state index in [9.17, 15) is 10.1 Å². The highest BCUT2D eigenvalue weighted by Gasteiger charge is 2.43. The first kappa shape index (κ1) is 24.2. The van der Waals surface area contributed by atoms with Crippen LogP contribution in [0.3, 0.4) is 0 Å². The third-order valence-corrected chi connectivity index (χ3v) is 7.31. The molecule has 0 aliphatic heterocycles. The number of carbonyl (C=O) groups excluding carboxylic acids is 1. The van der Waals surface area contributed by atoms with Crippen molar-refractivity contribution < 1.29 is 13.9 Å². The van der Waals surface area contributed by atoms with Gasteiger partial charge in [-0.05, 0) is 44.7 Å². The van der Waals surface area contributed by atoms with Gasteiger partial charge in [-0.15, -0.1) is 0 Å². The minimum Gasteiger partial charge on any atom is -0.443 e. The molecule has 3 N–H and O–H groups in total. The topological polar surface area (TPSA) is 133 Å². The normalized spacial score (nSPS) is 21.7. The van der Waals surface area contributed by atoms with Crippen molar-refractivity contribution in [2.45, 2.75) is 56.3 Å². The highest BCUT2D eigenvalue weighted by Crippen LogP contribution is 2.39. The number of fused-ring (bicyclic) bond motifs is 1. The number of rotatable bonds is 6. The summed E-state index contributed by atoms with van der Waals surface area (Å²) in [5, 5.41) is 27.1. The van der Waals surface area contributed by atoms with Gasteiger partial charge in [-0.25, -0.2) is 18.7 Å². The third-order valence-electron chi connectivity index (χ3n) is 7.12. The molecule has 3 aromatic heterocycles. The second-order valence-electron chi connectivity index (χ2n) is 10.1. The molecule has 38 heavy (non-hydrogen) atoms. The summed E-state index contributed by atoms with van der Waals surface area (Å²) in [5.74, 6) is 0.396. The van der Waals surface area contributed by atoms with Crippen LogP contribution in [0.15, 0.2) is 42.6 Å². The van der Waals surface area contributed by atoms with Crippen LogP contribution in [0.2, 0.25) is 5.15 Å². The maximum Gasteiger partial charge on any atom is 0.407 e. The molecule has 0 saturated heterocycles. The van der Waals surface area contributed by atoms with Gasteiger partial charge in [0.25, 0.3) is 0 Å². The zero-order valence-corrected chi connectivity index (χ0v) is 21.2. The number of halogens is 2. The predicted octanol–water partition coefficient (Wildman–Crippen LogP) is 5.25. The van der Waals surface area contributed by atoms with E-state index >= 15 is 4.39 Å². The molecule has 2 fully saturated rings. The first-order valence-corrected chi connectivity index (χ1v) is 12.7. The summed E-state index contributed by atoms with van der Waals surface area (Å²) in [4.78, 5) is 16.9. The van der Waals surface area contributed by atoms with Crippen LogP contribution in [-0.4, -0.2) is 48.7 Å². The lowest BCUT2D eigenvalue weighted by molar-refractivity contribution is 0.0546. The van der Waals surface area contributed by atoms with Gasteiger partial charge >= 0.3 is 6.09 Å². The van der Waals surface area contributed by atoms with Crippen LogP contribution in [0.1, 0.15) is 49.8 Å². The van der Waals surface area contributed by atoms with Crippen LogP contribution in [0.4, 0.5) is 20.8 Å². The molecule has 3 unspecified atom stereocenters. The van der Waals surface area contributed by atoms with Crippen molar-refractivity contribution in [2.75, 3.05) is 5.32 Å². The Bertz CT molecular complexity index is 1570. The highest BCUT2D eigenvalue weighted by atomic mass is 35.5. The summed E-state index contributed by atoms with van der Waals surface area (Å²) in [6.45, 7) is 1.94. The molecule has 10 nitrogen and oxygen atoms in total. The highest BCUT2D eigenvalue weighted by molar-refractivity contribution is 6.29. The Kier molecular flexibility index (Phi) is 5.91. The van der Waals surface area contributed by atoms with Gasteiger partial charge in [-0.2, -0.15) is 15.5 Å². The average molecular weight is 535 g/mol. The van der Waals surface area contributed by atoms with Crippen LogP contribution in [0, 0.1) is 11.3 Å². The van der Waals surface area contributed by atoms with Gasteiger partial charge in [0.15, 0.2) is 16.8 Å². The summed E-state index contributed by atoms with van der Waals surface area (Å²) in [6.07, 6.45) is 1.75. The van der Waals surface area contributed by atoms with E-state index in [0.717, 1.165) is 18.4 Å². The van der Waals surface area contributed by atoms with Gasteiger partial charge in [-0.1, -0.05) is 23.7 Å². The van der Waals surface area contributed by atoms with Gasteiger partial charge in [-0.3, -0.25) is 5.10 Å². The fourth-order valence-electron chi connectivity index (χ4n) is 4.75. The Balaban J connectivity index is 1.21. The maximum absolute atomic E-state index is 15.3. The van der Waals surface area contributed by atoms with Crippen molar-refractivity contribution in [3.63, 3.8) is 0 Å². The van der Waals surface area contributed by atoms with E-state index in [1.54, 1.807) is 41.0 Å². The van der Waals surface area contributed by atoms with Crippen molar-refractivity contribution >= 4 is 34.8 Å². The number of aromatic nitrogens is 5. The van der Waals surface area contributed by atoms with Crippen LogP contribution in [0.5, 0.6) is 0 Å². The van der Waals surface area contributed by atoms with Crippen LogP contribution in [0.25, 0.3) is 16.8 Å². The number of ether oxygens (including phenoxy) is 1. The lowest BCUT2D eigenvalue weighted by atomic mass is 10.0. The number of amides is 1. The van der Waals surface area contributed by atoms with E-state index in [2.05, 4.69) is 32.0 Å². The molecular formula is C26H24ClFN8O2. The lowest BCUT2D eigenvalue weighted by Gasteiger charge is -2.19. The molecule has 2 aliphatic rings. The third kappa shape index (κ3) is 4.75. The molecule has 2 saturated carbocycles. The number of anilines is 2. The largest absolute Gasteiger partial charge is 0.443 e. The average Bonchev–Trinajstić information content (AvgIpc) is 3.21. The SMILES string of the molecule is CC1(NC(=O)OC2CCC(c3cc(Nc4nc(-c5cccc(C#N)c5)cn5nc(Cl)cc45)n[nH]3)C2F)CC1. The number of nitrogens with one attached hydrogen (secondary N) is 3. The van der Waals surface area contributed by atoms with Crippen LogP contribution >= 0.6 is 11.6 Å². The molecule has 4 aromatic rings. The zero-order chi connectivity index (χ0) is 26.4. The lowest BCUT2D eigenvalue weighted by Crippen LogP contribution is -2.38. The predicted molar refractivity (Wildman–Crippen MR) is 138 cm³/mol. The number of H-pyrrole nitrogens is 1. The number of hydrogen-bond acceptors (Lipinski definition) is 7. The van der Waals surface area contributed by atoms with E-state index in [4.69, 9.17) is 21.3 Å². The van der Waals surface area contributed by atoms with Gasteiger partial charge in [0.2, 0.25) is 0 Å². The monoisotopic (exact) mass is 534 g/mol. The number of aromatic amines is 1. The van der Waals surface area contributed by atoms with E-state index in [1.807, 2.05) is 13.0 Å². The molecule has 194 valence electrons.